The van der Waals surface area contributed by atoms with E-state index in [-0.39, 0.29) is 30.3 Å². The van der Waals surface area contributed by atoms with Crippen LogP contribution in [0.25, 0.3) is 11.4 Å². The predicted molar refractivity (Wildman–Crippen MR) is 103 cm³/mol. The molecule has 8 heteroatoms. The van der Waals surface area contributed by atoms with Crippen molar-refractivity contribution in [3.8, 4) is 11.4 Å². The monoisotopic (exact) mass is 378 g/mol. The van der Waals surface area contributed by atoms with E-state index in [1.54, 1.807) is 0 Å². The van der Waals surface area contributed by atoms with Crippen LogP contribution in [0.15, 0.2) is 30.3 Å². The van der Waals surface area contributed by atoms with Crippen molar-refractivity contribution < 1.29 is 4.79 Å². The smallest absolute Gasteiger partial charge is 0.247 e. The molecule has 0 bridgehead atoms. The zero-order valence-electron chi connectivity index (χ0n) is 15.4. The maximum atomic E-state index is 12.9. The molecule has 3 atom stereocenters. The van der Waals surface area contributed by atoms with Crippen molar-refractivity contribution in [3.63, 3.8) is 0 Å². The second kappa shape index (κ2) is 9.09. The third-order valence-corrected chi connectivity index (χ3v) is 4.72. The van der Waals surface area contributed by atoms with Crippen LogP contribution in [0, 0.1) is 11.8 Å². The molecule has 7 nitrogen and oxygen atoms in total. The van der Waals surface area contributed by atoms with E-state index in [1.807, 2.05) is 44.2 Å². The number of carbonyl (C=O) groups excluding carboxylic acids is 1. The number of hydrogen-bond acceptors (Lipinski definition) is 5. The molecule has 1 aromatic carbocycles. The van der Waals surface area contributed by atoms with Gasteiger partial charge in [0.2, 0.25) is 11.7 Å². The SMILES string of the molecule is CC(C)C(C(=O)NC1CCNCC1C)n1nnc(-c2ccccc2)n1.Cl. The van der Waals surface area contributed by atoms with E-state index in [0.717, 1.165) is 25.1 Å². The molecule has 1 aromatic heterocycles. The van der Waals surface area contributed by atoms with Gasteiger partial charge in [0, 0.05) is 11.6 Å². The Morgan fingerprint density at radius 1 is 1.31 bits per heavy atom. The molecule has 0 radical (unpaired) electrons. The molecule has 26 heavy (non-hydrogen) atoms. The first-order chi connectivity index (χ1) is 12.1. The average molecular weight is 379 g/mol. The molecule has 3 rings (SSSR count). The number of nitrogens with one attached hydrogen (secondary N) is 2. The summed E-state index contributed by atoms with van der Waals surface area (Å²) in [6.07, 6.45) is 0.942. The van der Waals surface area contributed by atoms with Gasteiger partial charge in [-0.1, -0.05) is 51.1 Å². The number of carbonyl (C=O) groups is 1. The van der Waals surface area contributed by atoms with Crippen LogP contribution in [0.4, 0.5) is 0 Å². The van der Waals surface area contributed by atoms with Crippen LogP contribution in [0.1, 0.15) is 33.2 Å². The fourth-order valence-corrected chi connectivity index (χ4v) is 3.22. The predicted octanol–water partition coefficient (Wildman–Crippen LogP) is 2.07. The van der Waals surface area contributed by atoms with Gasteiger partial charge in [0.25, 0.3) is 0 Å². The van der Waals surface area contributed by atoms with Crippen LogP contribution >= 0.6 is 12.4 Å². The summed E-state index contributed by atoms with van der Waals surface area (Å²) in [6, 6.07) is 9.39. The molecule has 1 aliphatic heterocycles. The van der Waals surface area contributed by atoms with Crippen molar-refractivity contribution in [2.24, 2.45) is 11.8 Å². The summed E-state index contributed by atoms with van der Waals surface area (Å²) in [4.78, 5) is 14.3. The highest BCUT2D eigenvalue weighted by atomic mass is 35.5. The third kappa shape index (κ3) is 4.59. The van der Waals surface area contributed by atoms with Crippen LogP contribution in [0.2, 0.25) is 0 Å². The third-order valence-electron chi connectivity index (χ3n) is 4.72. The van der Waals surface area contributed by atoms with Gasteiger partial charge >= 0.3 is 0 Å². The van der Waals surface area contributed by atoms with Crippen molar-refractivity contribution in [1.29, 1.82) is 0 Å². The first-order valence-corrected chi connectivity index (χ1v) is 8.92. The van der Waals surface area contributed by atoms with Gasteiger partial charge in [-0.2, -0.15) is 4.80 Å². The summed E-state index contributed by atoms with van der Waals surface area (Å²) in [6.45, 7) is 8.02. The molecule has 3 unspecified atom stereocenters. The largest absolute Gasteiger partial charge is 0.351 e. The first kappa shape index (κ1) is 20.3. The van der Waals surface area contributed by atoms with Gasteiger partial charge in [0.15, 0.2) is 6.04 Å². The van der Waals surface area contributed by atoms with Crippen molar-refractivity contribution >= 4 is 18.3 Å². The van der Waals surface area contributed by atoms with Gasteiger partial charge in [-0.25, -0.2) is 0 Å². The quantitative estimate of drug-likeness (QED) is 0.832. The zero-order valence-corrected chi connectivity index (χ0v) is 16.2. The van der Waals surface area contributed by atoms with E-state index >= 15 is 0 Å². The molecule has 2 N–H and O–H groups in total. The van der Waals surface area contributed by atoms with E-state index in [1.165, 1.54) is 4.80 Å². The number of aromatic nitrogens is 4. The molecule has 1 saturated heterocycles. The van der Waals surface area contributed by atoms with E-state index in [4.69, 9.17) is 0 Å². The summed E-state index contributed by atoms with van der Waals surface area (Å²) in [5, 5.41) is 19.3. The van der Waals surface area contributed by atoms with Crippen LogP contribution in [0.3, 0.4) is 0 Å². The van der Waals surface area contributed by atoms with Crippen LogP contribution < -0.4 is 10.6 Å². The van der Waals surface area contributed by atoms with Crippen molar-refractivity contribution in [1.82, 2.24) is 30.8 Å². The Balaban J connectivity index is 0.00000243. The molecular weight excluding hydrogens is 352 g/mol. The van der Waals surface area contributed by atoms with Crippen molar-refractivity contribution in [3.05, 3.63) is 30.3 Å². The van der Waals surface area contributed by atoms with Crippen molar-refractivity contribution in [2.45, 2.75) is 39.3 Å². The average Bonchev–Trinajstić information content (AvgIpc) is 3.07. The zero-order chi connectivity index (χ0) is 17.8. The Labute approximate surface area is 160 Å². The minimum Gasteiger partial charge on any atom is -0.351 e. The van der Waals surface area contributed by atoms with Crippen LogP contribution in [0.5, 0.6) is 0 Å². The number of hydrogen-bond donors (Lipinski definition) is 2. The molecule has 1 aliphatic rings. The standard InChI is InChI=1S/C18H26N6O.ClH/c1-12(2)16(18(25)20-15-9-10-19-11-13(15)3)24-22-17(21-23-24)14-7-5-4-6-8-14;/h4-8,12-13,15-16,19H,9-11H2,1-3H3,(H,20,25);1H. The molecule has 0 saturated carbocycles. The Bertz CT molecular complexity index is 705. The summed E-state index contributed by atoms with van der Waals surface area (Å²) in [5.41, 5.74) is 0.892. The Kier molecular flexibility index (Phi) is 7.11. The summed E-state index contributed by atoms with van der Waals surface area (Å²) >= 11 is 0. The minimum atomic E-state index is -0.466. The first-order valence-electron chi connectivity index (χ1n) is 8.92. The number of halogens is 1. The normalized spacial score (nSPS) is 21.1. The second-order valence-corrected chi connectivity index (χ2v) is 7.07. The Morgan fingerprint density at radius 2 is 2.04 bits per heavy atom. The summed E-state index contributed by atoms with van der Waals surface area (Å²) < 4.78 is 0. The maximum Gasteiger partial charge on any atom is 0.247 e. The molecule has 1 amide bonds. The number of nitrogens with zero attached hydrogens (tertiary/aromatic N) is 4. The molecular formula is C18H27ClN6O. The maximum absolute atomic E-state index is 12.9. The van der Waals surface area contributed by atoms with Crippen LogP contribution in [-0.4, -0.2) is 45.2 Å². The molecule has 2 aromatic rings. The highest BCUT2D eigenvalue weighted by molar-refractivity contribution is 5.85. The van der Waals surface area contributed by atoms with Crippen molar-refractivity contribution in [2.75, 3.05) is 13.1 Å². The van der Waals surface area contributed by atoms with E-state index in [0.29, 0.717) is 11.7 Å². The number of tetrazole rings is 1. The minimum absolute atomic E-state index is 0. The number of piperidine rings is 1. The Morgan fingerprint density at radius 3 is 2.69 bits per heavy atom. The Hall–Kier alpha value is -1.99. The number of benzene rings is 1. The van der Waals surface area contributed by atoms with Gasteiger partial charge < -0.3 is 10.6 Å². The lowest BCUT2D eigenvalue weighted by molar-refractivity contribution is -0.127. The summed E-state index contributed by atoms with van der Waals surface area (Å²) in [7, 11) is 0. The molecule has 142 valence electrons. The van der Waals surface area contributed by atoms with E-state index in [2.05, 4.69) is 33.0 Å². The van der Waals surface area contributed by atoms with E-state index < -0.39 is 6.04 Å². The lowest BCUT2D eigenvalue weighted by Gasteiger charge is -2.31. The lowest BCUT2D eigenvalue weighted by atomic mass is 9.94. The van der Waals surface area contributed by atoms with Gasteiger partial charge in [0.1, 0.15) is 0 Å². The summed E-state index contributed by atoms with van der Waals surface area (Å²) in [5.74, 6) is 0.976. The van der Waals surface area contributed by atoms with Gasteiger partial charge in [-0.05, 0) is 36.6 Å². The fraction of sp³-hybridized carbons (Fsp3) is 0.556. The highest BCUT2D eigenvalue weighted by Crippen LogP contribution is 2.20. The lowest BCUT2D eigenvalue weighted by Crippen LogP contribution is -2.50. The highest BCUT2D eigenvalue weighted by Gasteiger charge is 2.31. The number of rotatable bonds is 5. The van der Waals surface area contributed by atoms with Gasteiger partial charge in [-0.15, -0.1) is 22.6 Å². The molecule has 2 heterocycles. The molecule has 1 fully saturated rings. The van der Waals surface area contributed by atoms with E-state index in [9.17, 15) is 4.79 Å². The van der Waals surface area contributed by atoms with Gasteiger partial charge in [-0.3, -0.25) is 4.79 Å². The van der Waals surface area contributed by atoms with Gasteiger partial charge in [0.05, 0.1) is 0 Å². The number of amides is 1. The second-order valence-electron chi connectivity index (χ2n) is 7.07. The molecule has 0 aliphatic carbocycles. The van der Waals surface area contributed by atoms with Crippen LogP contribution in [-0.2, 0) is 4.79 Å². The fourth-order valence-electron chi connectivity index (χ4n) is 3.22. The molecule has 0 spiro atoms. The topological polar surface area (TPSA) is 84.7 Å².